The number of carbonyl (C=O) groups is 1. The van der Waals surface area contributed by atoms with Gasteiger partial charge >= 0.3 is 5.97 Å². The number of aryl methyl sites for hydroxylation is 1. The number of aliphatic hydroxyl groups is 1. The van der Waals surface area contributed by atoms with Crippen molar-refractivity contribution >= 4 is 11.9 Å². The van der Waals surface area contributed by atoms with Gasteiger partial charge in [0.15, 0.2) is 0 Å². The van der Waals surface area contributed by atoms with Gasteiger partial charge in [-0.25, -0.2) is 9.48 Å². The summed E-state index contributed by atoms with van der Waals surface area (Å²) < 4.78 is 1.42. The zero-order valence-corrected chi connectivity index (χ0v) is 12.0. The van der Waals surface area contributed by atoms with E-state index in [1.165, 1.54) is 4.68 Å². The molecule has 1 aromatic heterocycles. The largest absolute Gasteiger partial charge is 0.475 e. The molecule has 0 aliphatic carbocycles. The third kappa shape index (κ3) is 3.57. The van der Waals surface area contributed by atoms with Gasteiger partial charge in [0.25, 0.3) is 5.82 Å². The number of carboxylic acids is 1. The summed E-state index contributed by atoms with van der Waals surface area (Å²) in [5.41, 5.74) is 0.857. The first kappa shape index (κ1) is 15.0. The first-order valence-electron chi connectivity index (χ1n) is 6.57. The van der Waals surface area contributed by atoms with Crippen LogP contribution < -0.4 is 4.90 Å². The van der Waals surface area contributed by atoms with Gasteiger partial charge in [0.2, 0.25) is 5.95 Å². The van der Waals surface area contributed by atoms with Gasteiger partial charge in [-0.1, -0.05) is 30.3 Å². The summed E-state index contributed by atoms with van der Waals surface area (Å²) in [6.45, 7) is 0.529. The first-order chi connectivity index (χ1) is 9.99. The van der Waals surface area contributed by atoms with Crippen molar-refractivity contribution in [3.8, 4) is 0 Å². The molecular weight excluding hydrogens is 272 g/mol. The lowest BCUT2D eigenvalue weighted by Crippen LogP contribution is -2.23. The molecule has 2 rings (SSSR count). The van der Waals surface area contributed by atoms with Gasteiger partial charge in [-0.2, -0.15) is 4.98 Å². The molecule has 7 nitrogen and oxygen atoms in total. The van der Waals surface area contributed by atoms with E-state index in [9.17, 15) is 9.90 Å². The predicted octanol–water partition coefficient (Wildman–Crippen LogP) is 1.07. The highest BCUT2D eigenvalue weighted by Crippen LogP contribution is 2.17. The van der Waals surface area contributed by atoms with Crippen molar-refractivity contribution in [1.29, 1.82) is 0 Å². The van der Waals surface area contributed by atoms with E-state index in [-0.39, 0.29) is 5.82 Å². The van der Waals surface area contributed by atoms with Crippen LogP contribution in [-0.2, 0) is 7.05 Å². The molecule has 1 unspecified atom stereocenters. The molecule has 21 heavy (non-hydrogen) atoms. The van der Waals surface area contributed by atoms with Crippen LogP contribution in [0.4, 0.5) is 5.95 Å². The van der Waals surface area contributed by atoms with E-state index in [0.29, 0.717) is 18.9 Å². The van der Waals surface area contributed by atoms with Crippen molar-refractivity contribution in [2.45, 2.75) is 12.5 Å². The topological polar surface area (TPSA) is 91.5 Å². The summed E-state index contributed by atoms with van der Waals surface area (Å²) in [6.07, 6.45) is -0.0590. The number of hydrogen-bond donors (Lipinski definition) is 2. The van der Waals surface area contributed by atoms with Gasteiger partial charge < -0.3 is 15.1 Å². The van der Waals surface area contributed by atoms with Crippen LogP contribution in [0.2, 0.25) is 0 Å². The number of nitrogens with zero attached hydrogens (tertiary/aromatic N) is 4. The molecule has 2 N–H and O–H groups in total. The van der Waals surface area contributed by atoms with E-state index in [2.05, 4.69) is 10.1 Å². The number of benzene rings is 1. The summed E-state index contributed by atoms with van der Waals surface area (Å²) in [7, 11) is 3.42. The maximum Gasteiger partial charge on any atom is 0.375 e. The number of aliphatic hydroxyl groups excluding tert-OH is 1. The smallest absolute Gasteiger partial charge is 0.375 e. The van der Waals surface area contributed by atoms with Gasteiger partial charge in [-0.3, -0.25) is 0 Å². The Morgan fingerprint density at radius 3 is 2.62 bits per heavy atom. The van der Waals surface area contributed by atoms with Crippen LogP contribution in [0.15, 0.2) is 30.3 Å². The minimum absolute atomic E-state index is 0.233. The molecule has 0 radical (unpaired) electrons. The molecular formula is C14H18N4O3. The fraction of sp³-hybridized carbons (Fsp3) is 0.357. The van der Waals surface area contributed by atoms with E-state index in [4.69, 9.17) is 5.11 Å². The second-order valence-corrected chi connectivity index (χ2v) is 4.80. The van der Waals surface area contributed by atoms with Crippen LogP contribution in [0.3, 0.4) is 0 Å². The van der Waals surface area contributed by atoms with Gasteiger partial charge in [-0.05, 0) is 12.0 Å². The summed E-state index contributed by atoms with van der Waals surface area (Å²) in [5, 5.41) is 22.8. The molecule has 0 aliphatic heterocycles. The number of carboxylic acid groups (broad SMARTS) is 1. The Kier molecular flexibility index (Phi) is 4.54. The highest BCUT2D eigenvalue weighted by molar-refractivity contribution is 5.83. The third-order valence-corrected chi connectivity index (χ3v) is 3.20. The quantitative estimate of drug-likeness (QED) is 0.827. The highest BCUT2D eigenvalue weighted by Gasteiger charge is 2.17. The Balaban J connectivity index is 1.99. The Hall–Kier alpha value is -2.41. The van der Waals surface area contributed by atoms with Crippen molar-refractivity contribution in [1.82, 2.24) is 14.8 Å². The van der Waals surface area contributed by atoms with Gasteiger partial charge in [0, 0.05) is 20.6 Å². The summed E-state index contributed by atoms with van der Waals surface area (Å²) in [4.78, 5) is 16.6. The monoisotopic (exact) mass is 290 g/mol. The molecule has 0 aliphatic rings. The lowest BCUT2D eigenvalue weighted by molar-refractivity contribution is 0.0683. The van der Waals surface area contributed by atoms with Crippen molar-refractivity contribution < 1.29 is 15.0 Å². The second kappa shape index (κ2) is 6.36. The van der Waals surface area contributed by atoms with E-state index in [1.54, 1.807) is 19.0 Å². The SMILES string of the molecule is CN(CCC(O)c1ccccc1)c1nc(C(=O)O)nn1C. The number of rotatable bonds is 6. The summed E-state index contributed by atoms with van der Waals surface area (Å²) in [6, 6.07) is 9.40. The highest BCUT2D eigenvalue weighted by atomic mass is 16.4. The van der Waals surface area contributed by atoms with E-state index in [1.807, 2.05) is 30.3 Å². The van der Waals surface area contributed by atoms with Crippen molar-refractivity contribution in [2.75, 3.05) is 18.5 Å². The summed E-state index contributed by atoms with van der Waals surface area (Å²) >= 11 is 0. The Morgan fingerprint density at radius 1 is 1.38 bits per heavy atom. The van der Waals surface area contributed by atoms with Crippen LogP contribution in [-0.4, -0.2) is 44.5 Å². The number of hydrogen-bond acceptors (Lipinski definition) is 5. The molecule has 0 fully saturated rings. The van der Waals surface area contributed by atoms with Crippen molar-refractivity contribution in [2.24, 2.45) is 7.05 Å². The number of anilines is 1. The number of aromatic nitrogens is 3. The fourth-order valence-electron chi connectivity index (χ4n) is 2.06. The average molecular weight is 290 g/mol. The average Bonchev–Trinajstić information content (AvgIpc) is 2.87. The zero-order chi connectivity index (χ0) is 15.4. The van der Waals surface area contributed by atoms with E-state index >= 15 is 0 Å². The Labute approximate surface area is 122 Å². The van der Waals surface area contributed by atoms with Crippen LogP contribution in [0.25, 0.3) is 0 Å². The molecule has 0 saturated heterocycles. The zero-order valence-electron chi connectivity index (χ0n) is 12.0. The van der Waals surface area contributed by atoms with Gasteiger partial charge in [0.1, 0.15) is 0 Å². The Morgan fingerprint density at radius 2 is 2.05 bits per heavy atom. The van der Waals surface area contributed by atoms with Crippen molar-refractivity contribution in [3.05, 3.63) is 41.7 Å². The fourth-order valence-corrected chi connectivity index (χ4v) is 2.06. The summed E-state index contributed by atoms with van der Waals surface area (Å²) in [5.74, 6) is -0.940. The molecule has 1 atom stereocenters. The van der Waals surface area contributed by atoms with Gasteiger partial charge in [-0.15, -0.1) is 5.10 Å². The maximum absolute atomic E-state index is 10.8. The van der Waals surface area contributed by atoms with Crippen LogP contribution in [0.5, 0.6) is 0 Å². The van der Waals surface area contributed by atoms with Crippen LogP contribution in [0, 0.1) is 0 Å². The molecule has 2 aromatic rings. The molecule has 7 heteroatoms. The van der Waals surface area contributed by atoms with E-state index < -0.39 is 12.1 Å². The molecule has 0 amide bonds. The molecule has 0 bridgehead atoms. The molecule has 0 spiro atoms. The van der Waals surface area contributed by atoms with Crippen LogP contribution >= 0.6 is 0 Å². The minimum atomic E-state index is -1.16. The lowest BCUT2D eigenvalue weighted by atomic mass is 10.1. The standard InChI is InChI=1S/C14H18N4O3/c1-17(14-15-12(13(20)21)16-18(14)2)9-8-11(19)10-6-4-3-5-7-10/h3-7,11,19H,8-9H2,1-2H3,(H,20,21). The van der Waals surface area contributed by atoms with Crippen LogP contribution in [0.1, 0.15) is 28.7 Å². The second-order valence-electron chi connectivity index (χ2n) is 4.80. The minimum Gasteiger partial charge on any atom is -0.475 e. The molecule has 1 heterocycles. The molecule has 1 aromatic carbocycles. The maximum atomic E-state index is 10.8. The normalized spacial score (nSPS) is 12.1. The predicted molar refractivity (Wildman–Crippen MR) is 77.3 cm³/mol. The van der Waals surface area contributed by atoms with Gasteiger partial charge in [0.05, 0.1) is 6.10 Å². The first-order valence-corrected chi connectivity index (χ1v) is 6.57. The Bertz CT molecular complexity index is 612. The third-order valence-electron chi connectivity index (χ3n) is 3.20. The molecule has 112 valence electrons. The number of aromatic carboxylic acids is 1. The lowest BCUT2D eigenvalue weighted by Gasteiger charge is -2.19. The van der Waals surface area contributed by atoms with Crippen molar-refractivity contribution in [3.63, 3.8) is 0 Å². The van der Waals surface area contributed by atoms with E-state index in [0.717, 1.165) is 5.56 Å². The molecule has 0 saturated carbocycles.